The van der Waals surface area contributed by atoms with E-state index in [-0.39, 0.29) is 5.97 Å². The molecule has 0 spiro atoms. The van der Waals surface area contributed by atoms with Gasteiger partial charge in [-0.15, -0.1) is 0 Å². The highest BCUT2D eigenvalue weighted by Gasteiger charge is 2.53. The van der Waals surface area contributed by atoms with Crippen molar-refractivity contribution in [2.24, 2.45) is 18.4 Å². The maximum Gasteiger partial charge on any atom is 0.341 e. The molecule has 20 heavy (non-hydrogen) atoms. The predicted octanol–water partition coefficient (Wildman–Crippen LogP) is 1.88. The van der Waals surface area contributed by atoms with Gasteiger partial charge in [-0.3, -0.25) is 4.68 Å². The van der Waals surface area contributed by atoms with Crippen LogP contribution >= 0.6 is 0 Å². The number of nitrogens with one attached hydrogen (secondary N) is 1. The third-order valence-corrected chi connectivity index (χ3v) is 4.66. The van der Waals surface area contributed by atoms with Crippen LogP contribution in [0.15, 0.2) is 6.20 Å². The minimum atomic E-state index is -0.277. The highest BCUT2D eigenvalue weighted by molar-refractivity contribution is 5.90. The third-order valence-electron chi connectivity index (χ3n) is 4.66. The zero-order valence-electron chi connectivity index (χ0n) is 12.3. The molecular formula is C15H23N3O2. The van der Waals surface area contributed by atoms with Crippen molar-refractivity contribution in [2.75, 3.05) is 13.2 Å². The number of ether oxygens (including phenoxy) is 1. The Morgan fingerprint density at radius 1 is 1.55 bits per heavy atom. The van der Waals surface area contributed by atoms with Crippen LogP contribution in [0.25, 0.3) is 0 Å². The van der Waals surface area contributed by atoms with Gasteiger partial charge >= 0.3 is 5.97 Å². The van der Waals surface area contributed by atoms with Crippen LogP contribution in [0, 0.1) is 11.3 Å². The standard InChI is InChI=1S/C15H23N3O2/c1-3-20-14(19)12-8-17-18(2)13(12)9-16-10-15(6-7-15)11-4-5-11/h8,11,16H,3-7,9-10H2,1-2H3. The largest absolute Gasteiger partial charge is 0.462 e. The Morgan fingerprint density at radius 2 is 2.30 bits per heavy atom. The van der Waals surface area contributed by atoms with Crippen molar-refractivity contribution in [1.82, 2.24) is 15.1 Å². The Labute approximate surface area is 119 Å². The van der Waals surface area contributed by atoms with Gasteiger partial charge in [-0.2, -0.15) is 5.10 Å². The fraction of sp³-hybridized carbons (Fsp3) is 0.733. The normalized spacial score (nSPS) is 19.9. The van der Waals surface area contributed by atoms with Crippen molar-refractivity contribution in [3.05, 3.63) is 17.5 Å². The lowest BCUT2D eigenvalue weighted by Crippen LogP contribution is -2.26. The minimum Gasteiger partial charge on any atom is -0.462 e. The molecule has 2 aliphatic carbocycles. The van der Waals surface area contributed by atoms with E-state index in [0.717, 1.165) is 18.2 Å². The number of rotatable bonds is 7. The first kappa shape index (κ1) is 13.6. The molecule has 5 heteroatoms. The maximum atomic E-state index is 11.9. The van der Waals surface area contributed by atoms with Crippen LogP contribution in [0.3, 0.4) is 0 Å². The van der Waals surface area contributed by atoms with E-state index in [2.05, 4.69) is 10.4 Å². The lowest BCUT2D eigenvalue weighted by Gasteiger charge is -2.15. The van der Waals surface area contributed by atoms with Gasteiger partial charge in [0.2, 0.25) is 0 Å². The second-order valence-corrected chi connectivity index (χ2v) is 6.09. The van der Waals surface area contributed by atoms with Crippen LogP contribution in [-0.2, 0) is 18.3 Å². The summed E-state index contributed by atoms with van der Waals surface area (Å²) in [6, 6.07) is 0. The number of hydrogen-bond donors (Lipinski definition) is 1. The topological polar surface area (TPSA) is 56.1 Å². The molecule has 3 rings (SSSR count). The van der Waals surface area contributed by atoms with Gasteiger partial charge in [0.25, 0.3) is 0 Å². The van der Waals surface area contributed by atoms with E-state index in [1.807, 2.05) is 14.0 Å². The van der Waals surface area contributed by atoms with E-state index in [0.29, 0.717) is 24.1 Å². The van der Waals surface area contributed by atoms with Gasteiger partial charge in [0.05, 0.1) is 18.5 Å². The van der Waals surface area contributed by atoms with Gasteiger partial charge in [-0.1, -0.05) is 0 Å². The van der Waals surface area contributed by atoms with Gasteiger partial charge in [0.1, 0.15) is 5.56 Å². The highest BCUT2D eigenvalue weighted by Crippen LogP contribution is 2.60. The summed E-state index contributed by atoms with van der Waals surface area (Å²) >= 11 is 0. The highest BCUT2D eigenvalue weighted by atomic mass is 16.5. The Hall–Kier alpha value is -1.36. The van der Waals surface area contributed by atoms with Crippen molar-refractivity contribution in [3.8, 4) is 0 Å². The van der Waals surface area contributed by atoms with Crippen molar-refractivity contribution >= 4 is 5.97 Å². The molecule has 0 saturated heterocycles. The van der Waals surface area contributed by atoms with Crippen LogP contribution in [0.4, 0.5) is 0 Å². The SMILES string of the molecule is CCOC(=O)c1cnn(C)c1CNCC1(C2CC2)CC1. The summed E-state index contributed by atoms with van der Waals surface area (Å²) < 4.78 is 6.83. The van der Waals surface area contributed by atoms with E-state index in [1.54, 1.807) is 10.9 Å². The number of hydrogen-bond acceptors (Lipinski definition) is 4. The summed E-state index contributed by atoms with van der Waals surface area (Å²) in [5.41, 5.74) is 2.07. The zero-order valence-corrected chi connectivity index (χ0v) is 12.3. The molecule has 0 radical (unpaired) electrons. The second kappa shape index (κ2) is 5.20. The molecule has 110 valence electrons. The Morgan fingerprint density at radius 3 is 2.90 bits per heavy atom. The van der Waals surface area contributed by atoms with E-state index < -0.39 is 0 Å². The van der Waals surface area contributed by atoms with Gasteiger partial charge in [0, 0.05) is 20.1 Å². The van der Waals surface area contributed by atoms with E-state index in [4.69, 9.17) is 4.74 Å². The van der Waals surface area contributed by atoms with Gasteiger partial charge in [-0.25, -0.2) is 4.79 Å². The van der Waals surface area contributed by atoms with Crippen LogP contribution in [0.2, 0.25) is 0 Å². The Balaban J connectivity index is 1.59. The summed E-state index contributed by atoms with van der Waals surface area (Å²) in [6.45, 7) is 3.95. The average Bonchev–Trinajstić information content (AvgIpc) is 3.31. The molecule has 1 heterocycles. The first-order chi connectivity index (χ1) is 9.66. The number of carbonyl (C=O) groups is 1. The zero-order chi connectivity index (χ0) is 14.2. The summed E-state index contributed by atoms with van der Waals surface area (Å²) in [6.07, 6.45) is 7.13. The molecule has 5 nitrogen and oxygen atoms in total. The van der Waals surface area contributed by atoms with Crippen molar-refractivity contribution in [1.29, 1.82) is 0 Å². The fourth-order valence-electron chi connectivity index (χ4n) is 3.07. The lowest BCUT2D eigenvalue weighted by molar-refractivity contribution is 0.0524. The number of nitrogens with zero attached hydrogens (tertiary/aromatic N) is 2. The molecular weight excluding hydrogens is 254 g/mol. The molecule has 0 aliphatic heterocycles. The third kappa shape index (κ3) is 2.59. The molecule has 0 unspecified atom stereocenters. The molecule has 0 amide bonds. The number of esters is 1. The molecule has 0 bridgehead atoms. The van der Waals surface area contributed by atoms with Gasteiger partial charge in [0.15, 0.2) is 0 Å². The summed E-state index contributed by atoms with van der Waals surface area (Å²) in [7, 11) is 1.87. The summed E-state index contributed by atoms with van der Waals surface area (Å²) in [5, 5.41) is 7.70. The molecule has 0 atom stereocenters. The fourth-order valence-corrected chi connectivity index (χ4v) is 3.07. The predicted molar refractivity (Wildman–Crippen MR) is 75.3 cm³/mol. The Kier molecular flexibility index (Phi) is 3.54. The summed E-state index contributed by atoms with van der Waals surface area (Å²) in [4.78, 5) is 11.9. The Bertz CT molecular complexity index is 501. The van der Waals surface area contributed by atoms with Crippen LogP contribution < -0.4 is 5.32 Å². The average molecular weight is 277 g/mol. The number of aryl methyl sites for hydroxylation is 1. The van der Waals surface area contributed by atoms with E-state index >= 15 is 0 Å². The molecule has 1 aromatic heterocycles. The van der Waals surface area contributed by atoms with E-state index in [1.165, 1.54) is 25.7 Å². The van der Waals surface area contributed by atoms with E-state index in [9.17, 15) is 4.79 Å². The minimum absolute atomic E-state index is 0.277. The quantitative estimate of drug-likeness (QED) is 0.773. The molecule has 0 aromatic carbocycles. The van der Waals surface area contributed by atoms with Crippen molar-refractivity contribution < 1.29 is 9.53 Å². The second-order valence-electron chi connectivity index (χ2n) is 6.09. The smallest absolute Gasteiger partial charge is 0.341 e. The number of aromatic nitrogens is 2. The number of carbonyl (C=O) groups excluding carboxylic acids is 1. The van der Waals surface area contributed by atoms with Gasteiger partial charge in [-0.05, 0) is 43.9 Å². The van der Waals surface area contributed by atoms with Crippen LogP contribution in [0.1, 0.15) is 48.7 Å². The van der Waals surface area contributed by atoms with Gasteiger partial charge < -0.3 is 10.1 Å². The molecule has 2 saturated carbocycles. The lowest BCUT2D eigenvalue weighted by atomic mass is 10.0. The monoisotopic (exact) mass is 277 g/mol. The summed E-state index contributed by atoms with van der Waals surface area (Å²) in [5.74, 6) is 0.673. The molecule has 1 aromatic rings. The van der Waals surface area contributed by atoms with Crippen molar-refractivity contribution in [3.63, 3.8) is 0 Å². The maximum absolute atomic E-state index is 11.9. The van der Waals surface area contributed by atoms with Crippen LogP contribution in [0.5, 0.6) is 0 Å². The molecule has 2 aliphatic rings. The molecule has 2 fully saturated rings. The van der Waals surface area contributed by atoms with Crippen LogP contribution in [-0.4, -0.2) is 28.9 Å². The van der Waals surface area contributed by atoms with Crippen molar-refractivity contribution in [2.45, 2.75) is 39.2 Å². The molecule has 1 N–H and O–H groups in total. The first-order valence-electron chi connectivity index (χ1n) is 7.55. The first-order valence-corrected chi connectivity index (χ1v) is 7.55.